The van der Waals surface area contributed by atoms with Crippen LogP contribution in [0.1, 0.15) is 33.1 Å². The summed E-state index contributed by atoms with van der Waals surface area (Å²) in [5.74, 6) is 0. The fourth-order valence-electron chi connectivity index (χ4n) is 2.33. The fraction of sp³-hybridized carbons (Fsp3) is 1.00. The summed E-state index contributed by atoms with van der Waals surface area (Å²) in [6, 6.07) is 0.623. The number of ether oxygens (including phenoxy) is 2. The molecule has 14 heavy (non-hydrogen) atoms. The van der Waals surface area contributed by atoms with Gasteiger partial charge in [-0.05, 0) is 33.1 Å². The maximum absolute atomic E-state index is 5.62. The van der Waals surface area contributed by atoms with Crippen LogP contribution in [0.3, 0.4) is 0 Å². The van der Waals surface area contributed by atoms with E-state index in [-0.39, 0.29) is 5.54 Å². The van der Waals surface area contributed by atoms with E-state index in [4.69, 9.17) is 9.47 Å². The van der Waals surface area contributed by atoms with Crippen molar-refractivity contribution in [2.24, 2.45) is 0 Å². The van der Waals surface area contributed by atoms with E-state index in [1.54, 1.807) is 0 Å². The maximum atomic E-state index is 5.62. The molecule has 2 aliphatic rings. The molecule has 2 saturated heterocycles. The monoisotopic (exact) mass is 199 g/mol. The largest absolute Gasteiger partial charge is 0.381 e. The normalized spacial score (nSPS) is 40.3. The van der Waals surface area contributed by atoms with Crippen LogP contribution < -0.4 is 5.32 Å². The first-order chi connectivity index (χ1) is 6.71. The zero-order chi connectivity index (χ0) is 10.0. The molecule has 0 spiro atoms. The average Bonchev–Trinajstić information content (AvgIpc) is 2.48. The molecule has 0 aromatic heterocycles. The third-order valence-corrected chi connectivity index (χ3v) is 3.64. The second-order valence-electron chi connectivity index (χ2n) is 4.71. The first-order valence-electron chi connectivity index (χ1n) is 5.68. The number of hydrogen-bond acceptors (Lipinski definition) is 3. The Labute approximate surface area is 86.2 Å². The van der Waals surface area contributed by atoms with Crippen molar-refractivity contribution in [2.75, 3.05) is 19.8 Å². The lowest BCUT2D eigenvalue weighted by atomic mass is 9.92. The Bertz CT molecular complexity index is 192. The molecule has 0 aromatic carbocycles. The van der Waals surface area contributed by atoms with Crippen molar-refractivity contribution >= 4 is 0 Å². The lowest BCUT2D eigenvalue weighted by Gasteiger charge is -2.35. The molecule has 2 fully saturated rings. The molecule has 0 saturated carbocycles. The molecule has 0 aromatic rings. The molecule has 2 heterocycles. The summed E-state index contributed by atoms with van der Waals surface area (Å²) < 4.78 is 11.0. The van der Waals surface area contributed by atoms with E-state index in [1.165, 1.54) is 0 Å². The van der Waals surface area contributed by atoms with Gasteiger partial charge in [-0.25, -0.2) is 0 Å². The molecule has 0 amide bonds. The molecule has 2 atom stereocenters. The van der Waals surface area contributed by atoms with Crippen LogP contribution in [-0.4, -0.2) is 37.5 Å². The highest BCUT2D eigenvalue weighted by Gasteiger charge is 2.38. The van der Waals surface area contributed by atoms with Crippen molar-refractivity contribution in [1.82, 2.24) is 5.32 Å². The third kappa shape index (κ3) is 2.10. The number of nitrogens with one attached hydrogen (secondary N) is 1. The highest BCUT2D eigenvalue weighted by Crippen LogP contribution is 2.26. The Kier molecular flexibility index (Phi) is 3.10. The predicted molar refractivity (Wildman–Crippen MR) is 55.4 cm³/mol. The van der Waals surface area contributed by atoms with Crippen LogP contribution in [0.4, 0.5) is 0 Å². The van der Waals surface area contributed by atoms with Gasteiger partial charge in [-0.2, -0.15) is 0 Å². The van der Waals surface area contributed by atoms with Crippen LogP contribution in [0, 0.1) is 0 Å². The van der Waals surface area contributed by atoms with Crippen molar-refractivity contribution in [1.29, 1.82) is 0 Å². The summed E-state index contributed by atoms with van der Waals surface area (Å²) in [5.41, 5.74) is 0.183. The van der Waals surface area contributed by atoms with Gasteiger partial charge in [-0.3, -0.25) is 0 Å². The lowest BCUT2D eigenvalue weighted by molar-refractivity contribution is 0.0501. The summed E-state index contributed by atoms with van der Waals surface area (Å²) in [7, 11) is 0. The molecule has 0 bridgehead atoms. The van der Waals surface area contributed by atoms with Gasteiger partial charge in [0, 0.05) is 31.4 Å². The number of rotatable bonds is 2. The van der Waals surface area contributed by atoms with Gasteiger partial charge in [0.05, 0.1) is 6.10 Å². The Hall–Kier alpha value is -0.120. The summed E-state index contributed by atoms with van der Waals surface area (Å²) in [5, 5.41) is 3.74. The van der Waals surface area contributed by atoms with Crippen LogP contribution in [0.15, 0.2) is 0 Å². The topological polar surface area (TPSA) is 30.5 Å². The minimum absolute atomic E-state index is 0.183. The minimum atomic E-state index is 0.183. The van der Waals surface area contributed by atoms with Gasteiger partial charge in [0.25, 0.3) is 0 Å². The van der Waals surface area contributed by atoms with Gasteiger partial charge in [-0.1, -0.05) is 0 Å². The first-order valence-corrected chi connectivity index (χ1v) is 5.68. The van der Waals surface area contributed by atoms with Crippen molar-refractivity contribution in [3.05, 3.63) is 0 Å². The van der Waals surface area contributed by atoms with Gasteiger partial charge >= 0.3 is 0 Å². The van der Waals surface area contributed by atoms with Gasteiger partial charge in [0.2, 0.25) is 0 Å². The summed E-state index contributed by atoms with van der Waals surface area (Å²) in [6.45, 7) is 7.15. The molecule has 0 radical (unpaired) electrons. The number of hydrogen-bond donors (Lipinski definition) is 1. The van der Waals surface area contributed by atoms with E-state index < -0.39 is 0 Å². The van der Waals surface area contributed by atoms with Crippen LogP contribution in [0.2, 0.25) is 0 Å². The van der Waals surface area contributed by atoms with Crippen LogP contribution in [0.25, 0.3) is 0 Å². The summed E-state index contributed by atoms with van der Waals surface area (Å²) in [6.07, 6.45) is 3.75. The quantitative estimate of drug-likeness (QED) is 0.727. The van der Waals surface area contributed by atoms with Crippen molar-refractivity contribution in [3.8, 4) is 0 Å². The average molecular weight is 199 g/mol. The summed E-state index contributed by atoms with van der Waals surface area (Å²) >= 11 is 0. The maximum Gasteiger partial charge on any atom is 0.0726 e. The molecule has 2 rings (SSSR count). The highest BCUT2D eigenvalue weighted by molar-refractivity contribution is 4.95. The third-order valence-electron chi connectivity index (χ3n) is 3.64. The van der Waals surface area contributed by atoms with E-state index in [9.17, 15) is 0 Å². The van der Waals surface area contributed by atoms with Crippen molar-refractivity contribution in [3.63, 3.8) is 0 Å². The van der Waals surface area contributed by atoms with E-state index in [1.807, 2.05) is 0 Å². The van der Waals surface area contributed by atoms with Crippen LogP contribution >= 0.6 is 0 Å². The van der Waals surface area contributed by atoms with Crippen LogP contribution in [0.5, 0.6) is 0 Å². The Morgan fingerprint density at radius 2 is 1.93 bits per heavy atom. The molecule has 1 N–H and O–H groups in total. The predicted octanol–water partition coefficient (Wildman–Crippen LogP) is 1.32. The summed E-state index contributed by atoms with van der Waals surface area (Å²) in [4.78, 5) is 0. The lowest BCUT2D eigenvalue weighted by Crippen LogP contribution is -2.53. The van der Waals surface area contributed by atoms with Gasteiger partial charge in [0.1, 0.15) is 0 Å². The second kappa shape index (κ2) is 4.17. The van der Waals surface area contributed by atoms with Crippen molar-refractivity contribution in [2.45, 2.75) is 50.8 Å². The standard InChI is InChI=1S/C11H21NO2/c1-9-11(2,5-8-14-9)12-10-3-6-13-7-4-10/h9-10,12H,3-8H2,1-2H3. The molecular weight excluding hydrogens is 178 g/mol. The van der Waals surface area contributed by atoms with Gasteiger partial charge in [0.15, 0.2) is 0 Å². The van der Waals surface area contributed by atoms with Crippen LogP contribution in [-0.2, 0) is 9.47 Å². The molecule has 2 unspecified atom stereocenters. The van der Waals surface area contributed by atoms with Gasteiger partial charge < -0.3 is 14.8 Å². The van der Waals surface area contributed by atoms with E-state index in [0.717, 1.165) is 39.1 Å². The Balaban J connectivity index is 1.88. The smallest absolute Gasteiger partial charge is 0.0726 e. The molecule has 82 valence electrons. The van der Waals surface area contributed by atoms with E-state index in [2.05, 4.69) is 19.2 Å². The Morgan fingerprint density at radius 3 is 2.50 bits per heavy atom. The zero-order valence-corrected chi connectivity index (χ0v) is 9.21. The first kappa shape index (κ1) is 10.4. The minimum Gasteiger partial charge on any atom is -0.381 e. The molecule has 3 nitrogen and oxygen atoms in total. The van der Waals surface area contributed by atoms with E-state index in [0.29, 0.717) is 12.1 Å². The molecule has 2 aliphatic heterocycles. The van der Waals surface area contributed by atoms with Crippen molar-refractivity contribution < 1.29 is 9.47 Å². The van der Waals surface area contributed by atoms with E-state index >= 15 is 0 Å². The molecular formula is C11H21NO2. The highest BCUT2D eigenvalue weighted by atomic mass is 16.5. The molecule has 0 aliphatic carbocycles. The zero-order valence-electron chi connectivity index (χ0n) is 9.21. The van der Waals surface area contributed by atoms with Gasteiger partial charge in [-0.15, -0.1) is 0 Å². The molecule has 3 heteroatoms. The SMILES string of the molecule is CC1OCCC1(C)NC1CCOCC1. The Morgan fingerprint density at radius 1 is 1.21 bits per heavy atom. The second-order valence-corrected chi connectivity index (χ2v) is 4.71. The fourth-order valence-corrected chi connectivity index (χ4v) is 2.33.